The standard InChI is InChI=1S/C15H26N4S/c1-2-4-13-17-18-14(20-13)19-11-3-5-15(8-12-19)6-9-16-10-7-15/h16H,2-12H2,1H3. The van der Waals surface area contributed by atoms with Crippen LogP contribution >= 0.6 is 11.3 Å². The van der Waals surface area contributed by atoms with E-state index in [-0.39, 0.29) is 0 Å². The van der Waals surface area contributed by atoms with Crippen LogP contribution in [0.15, 0.2) is 0 Å². The first-order chi connectivity index (χ1) is 9.81. The second-order valence-corrected chi connectivity index (χ2v) is 7.36. The number of aryl methyl sites for hydroxylation is 1. The van der Waals surface area contributed by atoms with Crippen LogP contribution in [0, 0.1) is 5.41 Å². The number of aromatic nitrogens is 2. The molecule has 1 aromatic rings. The quantitative estimate of drug-likeness (QED) is 0.930. The van der Waals surface area contributed by atoms with Gasteiger partial charge in [0.15, 0.2) is 0 Å². The van der Waals surface area contributed by atoms with Crippen molar-refractivity contribution in [3.05, 3.63) is 5.01 Å². The van der Waals surface area contributed by atoms with Gasteiger partial charge >= 0.3 is 0 Å². The van der Waals surface area contributed by atoms with Crippen LogP contribution in [0.5, 0.6) is 0 Å². The van der Waals surface area contributed by atoms with Crippen LogP contribution in [-0.4, -0.2) is 36.4 Å². The van der Waals surface area contributed by atoms with E-state index < -0.39 is 0 Å². The van der Waals surface area contributed by atoms with Gasteiger partial charge in [0, 0.05) is 19.5 Å². The van der Waals surface area contributed by atoms with Crippen LogP contribution in [0.2, 0.25) is 0 Å². The molecule has 0 aromatic carbocycles. The van der Waals surface area contributed by atoms with Gasteiger partial charge in [0.2, 0.25) is 5.13 Å². The molecule has 0 unspecified atom stereocenters. The third-order valence-electron chi connectivity index (χ3n) is 4.90. The van der Waals surface area contributed by atoms with Gasteiger partial charge in [-0.15, -0.1) is 10.2 Å². The number of hydrogen-bond donors (Lipinski definition) is 1. The molecule has 5 heteroatoms. The fourth-order valence-electron chi connectivity index (χ4n) is 3.59. The summed E-state index contributed by atoms with van der Waals surface area (Å²) in [6.07, 6.45) is 8.98. The summed E-state index contributed by atoms with van der Waals surface area (Å²) >= 11 is 1.80. The zero-order valence-corrected chi connectivity index (χ0v) is 13.3. The Morgan fingerprint density at radius 3 is 2.80 bits per heavy atom. The Hall–Kier alpha value is -0.680. The summed E-state index contributed by atoms with van der Waals surface area (Å²) in [7, 11) is 0. The minimum Gasteiger partial charge on any atom is -0.347 e. The maximum Gasteiger partial charge on any atom is 0.208 e. The van der Waals surface area contributed by atoms with Gasteiger partial charge in [0.05, 0.1) is 0 Å². The lowest BCUT2D eigenvalue weighted by Crippen LogP contribution is -2.37. The Morgan fingerprint density at radius 2 is 2.00 bits per heavy atom. The molecule has 3 heterocycles. The molecule has 0 atom stereocenters. The van der Waals surface area contributed by atoms with Crippen molar-refractivity contribution in [1.82, 2.24) is 15.5 Å². The fourth-order valence-corrected chi connectivity index (χ4v) is 4.58. The minimum atomic E-state index is 0.608. The zero-order chi connectivity index (χ0) is 13.8. The van der Waals surface area contributed by atoms with Gasteiger partial charge in [-0.25, -0.2) is 0 Å². The van der Waals surface area contributed by atoms with Crippen molar-refractivity contribution in [2.45, 2.75) is 51.9 Å². The van der Waals surface area contributed by atoms with E-state index in [1.165, 1.54) is 56.7 Å². The molecule has 1 N–H and O–H groups in total. The molecule has 2 saturated heterocycles. The van der Waals surface area contributed by atoms with Gasteiger partial charge in [0.25, 0.3) is 0 Å². The number of piperidine rings is 1. The van der Waals surface area contributed by atoms with Crippen molar-refractivity contribution < 1.29 is 0 Å². The molecule has 0 saturated carbocycles. The molecule has 0 bridgehead atoms. The van der Waals surface area contributed by atoms with E-state index in [0.29, 0.717) is 5.41 Å². The van der Waals surface area contributed by atoms with Gasteiger partial charge in [-0.05, 0) is 57.0 Å². The molecule has 1 aromatic heterocycles. The Labute approximate surface area is 126 Å². The van der Waals surface area contributed by atoms with Crippen molar-refractivity contribution >= 4 is 16.5 Å². The van der Waals surface area contributed by atoms with Crippen molar-refractivity contribution in [1.29, 1.82) is 0 Å². The van der Waals surface area contributed by atoms with Crippen LogP contribution in [0.1, 0.15) is 50.5 Å². The van der Waals surface area contributed by atoms with E-state index in [1.807, 2.05) is 0 Å². The average Bonchev–Trinajstić information content (AvgIpc) is 2.84. The molecular formula is C15H26N4S. The van der Waals surface area contributed by atoms with E-state index in [4.69, 9.17) is 0 Å². The molecule has 2 aliphatic rings. The van der Waals surface area contributed by atoms with Crippen LogP contribution in [-0.2, 0) is 6.42 Å². The number of nitrogens with one attached hydrogen (secondary N) is 1. The molecular weight excluding hydrogens is 268 g/mol. The van der Waals surface area contributed by atoms with Crippen LogP contribution < -0.4 is 10.2 Å². The highest BCUT2D eigenvalue weighted by atomic mass is 32.1. The van der Waals surface area contributed by atoms with Crippen LogP contribution in [0.25, 0.3) is 0 Å². The largest absolute Gasteiger partial charge is 0.347 e. The molecule has 20 heavy (non-hydrogen) atoms. The first-order valence-electron chi connectivity index (χ1n) is 8.09. The van der Waals surface area contributed by atoms with Gasteiger partial charge in [-0.1, -0.05) is 18.3 Å². The Morgan fingerprint density at radius 1 is 1.15 bits per heavy atom. The minimum absolute atomic E-state index is 0.608. The zero-order valence-electron chi connectivity index (χ0n) is 12.5. The van der Waals surface area contributed by atoms with Gasteiger partial charge in [-0.2, -0.15) is 0 Å². The Bertz CT molecular complexity index is 425. The molecule has 0 radical (unpaired) electrons. The maximum atomic E-state index is 4.42. The van der Waals surface area contributed by atoms with Gasteiger partial charge < -0.3 is 10.2 Å². The molecule has 4 nitrogen and oxygen atoms in total. The number of nitrogens with zero attached hydrogens (tertiary/aromatic N) is 3. The second kappa shape index (κ2) is 6.39. The second-order valence-electron chi connectivity index (χ2n) is 6.32. The van der Waals surface area contributed by atoms with Crippen molar-refractivity contribution in [3.8, 4) is 0 Å². The van der Waals surface area contributed by atoms with E-state index in [0.717, 1.165) is 24.5 Å². The number of anilines is 1. The number of rotatable bonds is 3. The molecule has 2 aliphatic heterocycles. The monoisotopic (exact) mass is 294 g/mol. The molecule has 112 valence electrons. The summed E-state index contributed by atoms with van der Waals surface area (Å²) in [5, 5.41) is 14.6. The first-order valence-corrected chi connectivity index (χ1v) is 8.91. The van der Waals surface area contributed by atoms with Crippen molar-refractivity contribution in [2.75, 3.05) is 31.1 Å². The summed E-state index contributed by atoms with van der Waals surface area (Å²) in [6.45, 7) is 6.95. The Balaban J connectivity index is 1.64. The molecule has 1 spiro atoms. The summed E-state index contributed by atoms with van der Waals surface area (Å²) in [6, 6.07) is 0. The smallest absolute Gasteiger partial charge is 0.208 e. The lowest BCUT2D eigenvalue weighted by molar-refractivity contribution is 0.178. The van der Waals surface area contributed by atoms with Crippen LogP contribution in [0.4, 0.5) is 5.13 Å². The summed E-state index contributed by atoms with van der Waals surface area (Å²) in [5.74, 6) is 0. The first kappa shape index (κ1) is 14.3. The topological polar surface area (TPSA) is 41.1 Å². The lowest BCUT2D eigenvalue weighted by Gasteiger charge is -2.36. The van der Waals surface area contributed by atoms with E-state index >= 15 is 0 Å². The fraction of sp³-hybridized carbons (Fsp3) is 0.867. The third kappa shape index (κ3) is 3.14. The van der Waals surface area contributed by atoms with Crippen molar-refractivity contribution in [3.63, 3.8) is 0 Å². The molecule has 3 rings (SSSR count). The highest BCUT2D eigenvalue weighted by Gasteiger charge is 2.34. The average molecular weight is 294 g/mol. The van der Waals surface area contributed by atoms with Crippen LogP contribution in [0.3, 0.4) is 0 Å². The SMILES string of the molecule is CCCc1nnc(N2CCCC3(CCNCC3)CC2)s1. The van der Waals surface area contributed by atoms with Gasteiger partial charge in [0.1, 0.15) is 5.01 Å². The predicted molar refractivity (Wildman–Crippen MR) is 84.5 cm³/mol. The van der Waals surface area contributed by atoms with Crippen molar-refractivity contribution in [2.24, 2.45) is 5.41 Å². The molecule has 2 fully saturated rings. The molecule has 0 amide bonds. The van der Waals surface area contributed by atoms with E-state index in [9.17, 15) is 0 Å². The lowest BCUT2D eigenvalue weighted by atomic mass is 9.73. The third-order valence-corrected chi connectivity index (χ3v) is 5.95. The highest BCUT2D eigenvalue weighted by molar-refractivity contribution is 7.15. The van der Waals surface area contributed by atoms with Gasteiger partial charge in [-0.3, -0.25) is 0 Å². The summed E-state index contributed by atoms with van der Waals surface area (Å²) in [5.41, 5.74) is 0.608. The Kier molecular flexibility index (Phi) is 4.56. The van der Waals surface area contributed by atoms with E-state index in [2.05, 4.69) is 27.3 Å². The summed E-state index contributed by atoms with van der Waals surface area (Å²) < 4.78 is 0. The predicted octanol–water partition coefficient (Wildman–Crippen LogP) is 2.85. The maximum absolute atomic E-state index is 4.42. The normalized spacial score (nSPS) is 22.9. The number of hydrogen-bond acceptors (Lipinski definition) is 5. The summed E-state index contributed by atoms with van der Waals surface area (Å²) in [4.78, 5) is 2.48. The van der Waals surface area contributed by atoms with E-state index in [1.54, 1.807) is 11.3 Å². The molecule has 0 aliphatic carbocycles. The highest BCUT2D eigenvalue weighted by Crippen LogP contribution is 2.40.